The van der Waals surface area contributed by atoms with E-state index in [1.54, 1.807) is 0 Å². The molecule has 0 bridgehead atoms. The van der Waals surface area contributed by atoms with Crippen molar-refractivity contribution in [2.24, 2.45) is 0 Å². The molecule has 1 aromatic carbocycles. The second-order valence-electron chi connectivity index (χ2n) is 4.87. The molecule has 0 atom stereocenters. The van der Waals surface area contributed by atoms with E-state index in [0.29, 0.717) is 6.07 Å². The van der Waals surface area contributed by atoms with Crippen molar-refractivity contribution in [1.82, 2.24) is 15.8 Å². The Hall–Kier alpha value is -3.11. The third-order valence-electron chi connectivity index (χ3n) is 3.33. The zero-order valence-corrected chi connectivity index (χ0v) is 12.6. The van der Waals surface area contributed by atoms with Gasteiger partial charge < -0.3 is 15.5 Å². The van der Waals surface area contributed by atoms with Crippen LogP contribution < -0.4 is 10.8 Å². The van der Waals surface area contributed by atoms with Gasteiger partial charge in [0, 0.05) is 29.9 Å². The van der Waals surface area contributed by atoms with E-state index >= 15 is 0 Å². The molecule has 10 heteroatoms. The van der Waals surface area contributed by atoms with E-state index in [1.165, 1.54) is 5.48 Å². The summed E-state index contributed by atoms with van der Waals surface area (Å²) in [6.45, 7) is -1.08. The van der Waals surface area contributed by atoms with Gasteiger partial charge in [0.05, 0.1) is 12.2 Å². The van der Waals surface area contributed by atoms with Gasteiger partial charge in [0.1, 0.15) is 11.6 Å². The number of aromatic hydroxyl groups is 1. The van der Waals surface area contributed by atoms with E-state index < -0.39 is 41.5 Å². The molecule has 0 saturated carbocycles. The monoisotopic (exact) mass is 353 g/mol. The van der Waals surface area contributed by atoms with E-state index in [9.17, 15) is 28.6 Å². The van der Waals surface area contributed by atoms with Gasteiger partial charge in [0.15, 0.2) is 11.4 Å². The first-order valence-electron chi connectivity index (χ1n) is 6.87. The maximum absolute atomic E-state index is 13.5. The summed E-state index contributed by atoms with van der Waals surface area (Å²) in [5, 5.41) is 30.1. The van der Waals surface area contributed by atoms with Crippen LogP contribution in [-0.4, -0.2) is 32.2 Å². The Morgan fingerprint density at radius 1 is 1.20 bits per heavy atom. The topological polar surface area (TPSA) is 132 Å². The number of aromatic nitrogens is 1. The highest BCUT2D eigenvalue weighted by Gasteiger charge is 2.22. The fourth-order valence-electron chi connectivity index (χ4n) is 2.05. The molecule has 0 aliphatic carbocycles. The molecule has 5 N–H and O–H groups in total. The highest BCUT2D eigenvalue weighted by atomic mass is 19.1. The summed E-state index contributed by atoms with van der Waals surface area (Å²) in [6.07, 6.45) is 0.909. The molecule has 0 fully saturated rings. The first kappa shape index (κ1) is 18.2. The van der Waals surface area contributed by atoms with Crippen LogP contribution in [0.15, 0.2) is 24.4 Å². The minimum atomic E-state index is -1.13. The molecule has 1 heterocycles. The van der Waals surface area contributed by atoms with Crippen molar-refractivity contribution in [2.45, 2.75) is 13.2 Å². The smallest absolute Gasteiger partial charge is 0.297 e. The van der Waals surface area contributed by atoms with Crippen molar-refractivity contribution in [3.05, 3.63) is 58.4 Å². The lowest BCUT2D eigenvalue weighted by Gasteiger charge is -2.12. The molecular weight excluding hydrogens is 340 g/mol. The van der Waals surface area contributed by atoms with E-state index in [1.807, 2.05) is 0 Å². The molecule has 0 aliphatic heterocycles. The summed E-state index contributed by atoms with van der Waals surface area (Å²) in [7, 11) is 0. The number of aliphatic hydroxyl groups excluding tert-OH is 1. The number of pyridine rings is 1. The zero-order chi connectivity index (χ0) is 18.6. The number of carbonyl (C=O) groups excluding carboxylic acids is 2. The van der Waals surface area contributed by atoms with Crippen LogP contribution in [0.2, 0.25) is 0 Å². The quantitative estimate of drug-likeness (QED) is 0.395. The molecule has 2 aromatic rings. The van der Waals surface area contributed by atoms with Gasteiger partial charge in [-0.1, -0.05) is 6.07 Å². The molecule has 0 spiro atoms. The molecule has 0 unspecified atom stereocenters. The number of hydrogen-bond donors (Lipinski definition) is 5. The molecule has 25 heavy (non-hydrogen) atoms. The van der Waals surface area contributed by atoms with Crippen molar-refractivity contribution in [2.75, 3.05) is 0 Å². The summed E-state index contributed by atoms with van der Waals surface area (Å²) < 4.78 is 26.4. The predicted octanol–water partition coefficient (Wildman–Crippen LogP) is 0.607. The van der Waals surface area contributed by atoms with Gasteiger partial charge in [-0.05, 0) is 6.07 Å². The number of carbonyl (C=O) groups is 2. The molecule has 8 nitrogen and oxygen atoms in total. The Morgan fingerprint density at radius 2 is 1.92 bits per heavy atom. The lowest BCUT2D eigenvalue weighted by atomic mass is 10.1. The standard InChI is InChI=1S/C15H13F2N3O5/c16-8-2-1-7(11(17)3-8)4-19-14(23)9-5-18-12(15(24)20-25)13(22)10(9)6-21/h1-3,5,21-22,25H,4,6H2,(H,19,23)(H,20,24). The predicted molar refractivity (Wildman–Crippen MR) is 78.6 cm³/mol. The number of hydrogen-bond acceptors (Lipinski definition) is 6. The maximum atomic E-state index is 13.5. The highest BCUT2D eigenvalue weighted by Crippen LogP contribution is 2.24. The fraction of sp³-hybridized carbons (Fsp3) is 0.133. The Balaban J connectivity index is 2.24. The van der Waals surface area contributed by atoms with Gasteiger partial charge >= 0.3 is 0 Å². The minimum absolute atomic E-state index is 0.0220. The lowest BCUT2D eigenvalue weighted by molar-refractivity contribution is 0.0696. The van der Waals surface area contributed by atoms with Gasteiger partial charge in [0.25, 0.3) is 11.8 Å². The van der Waals surface area contributed by atoms with Crippen molar-refractivity contribution in [1.29, 1.82) is 0 Å². The number of benzene rings is 1. The zero-order valence-electron chi connectivity index (χ0n) is 12.6. The van der Waals surface area contributed by atoms with Crippen LogP contribution in [0.25, 0.3) is 0 Å². The fourth-order valence-corrected chi connectivity index (χ4v) is 2.05. The van der Waals surface area contributed by atoms with Crippen LogP contribution in [-0.2, 0) is 13.2 Å². The number of aliphatic hydroxyl groups is 1. The summed E-state index contributed by atoms with van der Waals surface area (Å²) in [5.41, 5.74) is 0.142. The van der Waals surface area contributed by atoms with Gasteiger partial charge in [-0.3, -0.25) is 14.8 Å². The summed E-state index contributed by atoms with van der Waals surface area (Å²) in [5.74, 6) is -4.34. The van der Waals surface area contributed by atoms with Gasteiger partial charge in [-0.25, -0.2) is 19.2 Å². The molecule has 132 valence electrons. The number of nitrogens with zero attached hydrogens (tertiary/aromatic N) is 1. The average molecular weight is 353 g/mol. The van der Waals surface area contributed by atoms with E-state index in [0.717, 1.165) is 18.3 Å². The number of hydroxylamine groups is 1. The Bertz CT molecular complexity index is 829. The van der Waals surface area contributed by atoms with Crippen molar-refractivity contribution >= 4 is 11.8 Å². The number of amides is 2. The van der Waals surface area contributed by atoms with E-state index in [-0.39, 0.29) is 23.2 Å². The first-order valence-corrected chi connectivity index (χ1v) is 6.87. The van der Waals surface area contributed by atoms with Crippen LogP contribution >= 0.6 is 0 Å². The van der Waals surface area contributed by atoms with Crippen LogP contribution in [0.3, 0.4) is 0 Å². The molecule has 0 radical (unpaired) electrons. The summed E-state index contributed by atoms with van der Waals surface area (Å²) in [4.78, 5) is 27.0. The molecule has 2 amide bonds. The van der Waals surface area contributed by atoms with Gasteiger partial charge in [-0.15, -0.1) is 0 Å². The lowest BCUT2D eigenvalue weighted by Crippen LogP contribution is -2.26. The SMILES string of the molecule is O=C(NCc1ccc(F)cc1F)c1cnc(C(=O)NO)c(O)c1CO. The number of halogens is 2. The second kappa shape index (κ2) is 7.64. The third kappa shape index (κ3) is 3.87. The summed E-state index contributed by atoms with van der Waals surface area (Å²) in [6, 6.07) is 2.85. The Morgan fingerprint density at radius 3 is 2.52 bits per heavy atom. The second-order valence-corrected chi connectivity index (χ2v) is 4.87. The van der Waals surface area contributed by atoms with Crippen LogP contribution in [0.5, 0.6) is 5.75 Å². The molecular formula is C15H13F2N3O5. The van der Waals surface area contributed by atoms with Crippen LogP contribution in [0, 0.1) is 11.6 Å². The van der Waals surface area contributed by atoms with Crippen molar-refractivity contribution in [3.63, 3.8) is 0 Å². The van der Waals surface area contributed by atoms with Crippen LogP contribution in [0.1, 0.15) is 32.0 Å². The number of rotatable bonds is 5. The number of nitrogens with one attached hydrogen (secondary N) is 2. The van der Waals surface area contributed by atoms with Crippen molar-refractivity contribution in [3.8, 4) is 5.75 Å². The van der Waals surface area contributed by atoms with Crippen LogP contribution in [0.4, 0.5) is 8.78 Å². The Labute approximate surface area is 139 Å². The first-order chi connectivity index (χ1) is 11.9. The highest BCUT2D eigenvalue weighted by molar-refractivity contribution is 5.99. The van der Waals surface area contributed by atoms with Gasteiger partial charge in [-0.2, -0.15) is 0 Å². The normalized spacial score (nSPS) is 10.4. The molecule has 2 rings (SSSR count). The average Bonchev–Trinajstić information content (AvgIpc) is 2.59. The molecule has 0 saturated heterocycles. The van der Waals surface area contributed by atoms with Gasteiger partial charge in [0.2, 0.25) is 0 Å². The maximum Gasteiger partial charge on any atom is 0.297 e. The van der Waals surface area contributed by atoms with E-state index in [2.05, 4.69) is 10.3 Å². The van der Waals surface area contributed by atoms with E-state index in [4.69, 9.17) is 5.21 Å². The Kier molecular flexibility index (Phi) is 5.57. The van der Waals surface area contributed by atoms with Crippen molar-refractivity contribution < 1.29 is 33.8 Å². The molecule has 1 aromatic heterocycles. The minimum Gasteiger partial charge on any atom is -0.505 e. The third-order valence-corrected chi connectivity index (χ3v) is 3.33. The summed E-state index contributed by atoms with van der Waals surface area (Å²) >= 11 is 0. The largest absolute Gasteiger partial charge is 0.505 e. The molecule has 0 aliphatic rings.